The van der Waals surface area contributed by atoms with Gasteiger partial charge in [0.2, 0.25) is 0 Å². The first kappa shape index (κ1) is 20.8. The molecule has 1 N–H and O–H groups in total. The Balaban J connectivity index is 1.84. The van der Waals surface area contributed by atoms with Gasteiger partial charge in [-0.15, -0.1) is 0 Å². The Hall–Kier alpha value is -1.90. The number of rotatable bonds is 6. The van der Waals surface area contributed by atoms with Crippen molar-refractivity contribution in [2.45, 2.75) is 26.3 Å². The molecule has 146 valence electrons. The highest BCUT2D eigenvalue weighted by atomic mass is 79.9. The molecule has 1 atom stereocenters. The third kappa shape index (κ3) is 4.56. The van der Waals surface area contributed by atoms with Crippen LogP contribution in [0.4, 0.5) is 0 Å². The molecule has 1 unspecified atom stereocenters. The number of benzene rings is 1. The molecule has 0 spiro atoms. The molecule has 1 aromatic carbocycles. The Kier molecular flexibility index (Phi) is 6.42. The van der Waals surface area contributed by atoms with E-state index in [-0.39, 0.29) is 10.2 Å². The van der Waals surface area contributed by atoms with E-state index < -0.39 is 17.9 Å². The lowest BCUT2D eigenvalue weighted by atomic mass is 10.0. The summed E-state index contributed by atoms with van der Waals surface area (Å²) in [4.78, 5) is 26.0. The Labute approximate surface area is 180 Å². The van der Waals surface area contributed by atoms with E-state index in [1.54, 1.807) is 12.1 Å². The number of hydrogen-bond acceptors (Lipinski definition) is 5. The third-order valence-electron chi connectivity index (χ3n) is 4.14. The molecule has 5 nitrogen and oxygen atoms in total. The van der Waals surface area contributed by atoms with Gasteiger partial charge in [-0.05, 0) is 36.6 Å². The van der Waals surface area contributed by atoms with E-state index in [0.29, 0.717) is 22.8 Å². The van der Waals surface area contributed by atoms with E-state index in [1.807, 2.05) is 44.2 Å². The number of amides is 1. The summed E-state index contributed by atoms with van der Waals surface area (Å²) in [5.74, 6) is -0.147. The Morgan fingerprint density at radius 2 is 1.96 bits per heavy atom. The van der Waals surface area contributed by atoms with E-state index in [9.17, 15) is 14.7 Å². The summed E-state index contributed by atoms with van der Waals surface area (Å²) in [5, 5.41) is 9.54. The van der Waals surface area contributed by atoms with E-state index >= 15 is 0 Å². The molecule has 1 saturated heterocycles. The van der Waals surface area contributed by atoms with Crippen molar-refractivity contribution in [2.24, 2.45) is 5.92 Å². The van der Waals surface area contributed by atoms with E-state index in [2.05, 4.69) is 15.9 Å². The first-order valence-corrected chi connectivity index (χ1v) is 10.6. The summed E-state index contributed by atoms with van der Waals surface area (Å²) < 4.78 is 7.05. The average Bonchev–Trinajstić information content (AvgIpc) is 3.19. The van der Waals surface area contributed by atoms with Crippen molar-refractivity contribution in [3.63, 3.8) is 0 Å². The normalized spacial score (nSPS) is 17.0. The molecule has 0 radical (unpaired) electrons. The fourth-order valence-electron chi connectivity index (χ4n) is 2.84. The van der Waals surface area contributed by atoms with E-state index in [1.165, 1.54) is 4.90 Å². The number of carbonyl (C=O) groups is 2. The second-order valence-electron chi connectivity index (χ2n) is 6.74. The van der Waals surface area contributed by atoms with Gasteiger partial charge in [-0.2, -0.15) is 0 Å². The van der Waals surface area contributed by atoms with Gasteiger partial charge in [0.25, 0.3) is 5.91 Å². The molecular weight excluding hydrogens is 462 g/mol. The van der Waals surface area contributed by atoms with Crippen molar-refractivity contribution in [1.82, 2.24) is 4.90 Å². The molecule has 3 rings (SSSR count). The second kappa shape index (κ2) is 8.63. The molecule has 1 amide bonds. The summed E-state index contributed by atoms with van der Waals surface area (Å²) in [7, 11) is 0. The van der Waals surface area contributed by atoms with Crippen LogP contribution in [0.2, 0.25) is 0 Å². The molecule has 2 aromatic rings. The number of carboxylic acids is 1. The summed E-state index contributed by atoms with van der Waals surface area (Å²) >= 11 is 9.77. The van der Waals surface area contributed by atoms with Crippen LogP contribution in [0, 0.1) is 5.92 Å². The van der Waals surface area contributed by atoms with Crippen LogP contribution >= 0.6 is 39.9 Å². The van der Waals surface area contributed by atoms with Crippen LogP contribution in [0.25, 0.3) is 17.4 Å². The summed E-state index contributed by atoms with van der Waals surface area (Å²) in [6.07, 6.45) is 1.94. The van der Waals surface area contributed by atoms with Gasteiger partial charge < -0.3 is 9.52 Å². The van der Waals surface area contributed by atoms with Gasteiger partial charge in [-0.1, -0.05) is 65.9 Å². The zero-order valence-electron chi connectivity index (χ0n) is 15.2. The van der Waals surface area contributed by atoms with Crippen LogP contribution in [0.1, 0.15) is 26.0 Å². The van der Waals surface area contributed by atoms with Crippen LogP contribution < -0.4 is 0 Å². The summed E-state index contributed by atoms with van der Waals surface area (Å²) in [6.45, 7) is 3.83. The van der Waals surface area contributed by atoms with Gasteiger partial charge in [0, 0.05) is 16.1 Å². The van der Waals surface area contributed by atoms with Crippen LogP contribution in [-0.2, 0) is 9.59 Å². The highest BCUT2D eigenvalue weighted by molar-refractivity contribution is 9.10. The van der Waals surface area contributed by atoms with Gasteiger partial charge >= 0.3 is 5.97 Å². The molecule has 1 aliphatic rings. The van der Waals surface area contributed by atoms with E-state index in [0.717, 1.165) is 21.8 Å². The van der Waals surface area contributed by atoms with Crippen molar-refractivity contribution in [1.29, 1.82) is 0 Å². The quantitative estimate of drug-likeness (QED) is 0.441. The number of carbonyl (C=O) groups excluding carboxylic acids is 1. The monoisotopic (exact) mass is 479 g/mol. The molecule has 1 aromatic heterocycles. The molecule has 28 heavy (non-hydrogen) atoms. The number of thioether (sulfide) groups is 1. The lowest BCUT2D eigenvalue weighted by Crippen LogP contribution is -2.44. The number of thiocarbonyl (C=S) groups is 1. The summed E-state index contributed by atoms with van der Waals surface area (Å²) in [5.41, 5.74) is 0.915. The summed E-state index contributed by atoms with van der Waals surface area (Å²) in [6, 6.07) is 10.3. The van der Waals surface area contributed by atoms with Crippen LogP contribution in [-0.4, -0.2) is 32.2 Å². The predicted molar refractivity (Wildman–Crippen MR) is 118 cm³/mol. The topological polar surface area (TPSA) is 70.8 Å². The minimum Gasteiger partial charge on any atom is -0.480 e. The second-order valence-corrected chi connectivity index (χ2v) is 9.34. The SMILES string of the molecule is CC(C)CC(C(=O)O)N1C(=O)/C(=C\c2ccc(-c3ccc(Br)cc3)o2)SC1=S. The van der Waals surface area contributed by atoms with Gasteiger partial charge in [0.15, 0.2) is 0 Å². The minimum absolute atomic E-state index is 0.119. The van der Waals surface area contributed by atoms with Crippen LogP contribution in [0.3, 0.4) is 0 Å². The fourth-order valence-corrected chi connectivity index (χ4v) is 4.44. The lowest BCUT2D eigenvalue weighted by Gasteiger charge is -2.24. The maximum Gasteiger partial charge on any atom is 0.326 e. The largest absolute Gasteiger partial charge is 0.480 e. The van der Waals surface area contributed by atoms with Gasteiger partial charge in [-0.25, -0.2) is 4.79 Å². The highest BCUT2D eigenvalue weighted by Gasteiger charge is 2.40. The standard InChI is InChI=1S/C20H18BrNO4S2/c1-11(2)9-15(19(24)25)22-18(23)17(28-20(22)27)10-14-7-8-16(26-14)12-3-5-13(21)6-4-12/h3-8,10-11,15H,9H2,1-2H3,(H,24,25)/b17-10+. The van der Waals surface area contributed by atoms with Gasteiger partial charge in [0.05, 0.1) is 4.91 Å². The molecule has 1 aliphatic heterocycles. The van der Waals surface area contributed by atoms with Crippen molar-refractivity contribution in [3.8, 4) is 11.3 Å². The Morgan fingerprint density at radius 3 is 2.57 bits per heavy atom. The molecule has 8 heteroatoms. The zero-order chi connectivity index (χ0) is 20.4. The zero-order valence-corrected chi connectivity index (χ0v) is 18.4. The maximum atomic E-state index is 12.8. The minimum atomic E-state index is -1.05. The molecule has 0 saturated carbocycles. The van der Waals surface area contributed by atoms with Crippen molar-refractivity contribution < 1.29 is 19.1 Å². The Bertz CT molecular complexity index is 949. The number of carboxylic acid groups (broad SMARTS) is 1. The van der Waals surface area contributed by atoms with Crippen LogP contribution in [0.15, 0.2) is 50.2 Å². The van der Waals surface area contributed by atoms with Crippen molar-refractivity contribution in [3.05, 3.63) is 51.5 Å². The number of halogens is 1. The third-order valence-corrected chi connectivity index (χ3v) is 6.00. The van der Waals surface area contributed by atoms with Crippen molar-refractivity contribution >= 4 is 62.2 Å². The smallest absolute Gasteiger partial charge is 0.326 e. The highest BCUT2D eigenvalue weighted by Crippen LogP contribution is 2.36. The maximum absolute atomic E-state index is 12.8. The molecule has 1 fully saturated rings. The van der Waals surface area contributed by atoms with Crippen LogP contribution in [0.5, 0.6) is 0 Å². The number of furan rings is 1. The van der Waals surface area contributed by atoms with Gasteiger partial charge in [-0.3, -0.25) is 9.69 Å². The average molecular weight is 480 g/mol. The Morgan fingerprint density at radius 1 is 1.29 bits per heavy atom. The number of nitrogens with zero attached hydrogens (tertiary/aromatic N) is 1. The molecule has 2 heterocycles. The molecular formula is C20H18BrNO4S2. The first-order chi connectivity index (χ1) is 13.3. The number of hydrogen-bond donors (Lipinski definition) is 1. The van der Waals surface area contributed by atoms with Gasteiger partial charge in [0.1, 0.15) is 21.9 Å². The fraction of sp³-hybridized carbons (Fsp3) is 0.250. The van der Waals surface area contributed by atoms with E-state index in [4.69, 9.17) is 16.6 Å². The first-order valence-electron chi connectivity index (χ1n) is 8.62. The van der Waals surface area contributed by atoms with Crippen molar-refractivity contribution in [2.75, 3.05) is 0 Å². The predicted octanol–water partition coefficient (Wildman–Crippen LogP) is 5.41. The number of aliphatic carboxylic acids is 1. The molecule has 0 bridgehead atoms. The lowest BCUT2D eigenvalue weighted by molar-refractivity contribution is -0.145. The molecule has 0 aliphatic carbocycles.